The maximum absolute atomic E-state index is 12.1. The Bertz CT molecular complexity index is 562. The minimum Gasteiger partial charge on any atom is -0.348 e. The van der Waals surface area contributed by atoms with Gasteiger partial charge in [-0.05, 0) is 17.7 Å². The molecule has 0 aliphatic carbocycles. The van der Waals surface area contributed by atoms with Crippen molar-refractivity contribution in [1.29, 1.82) is 0 Å². The summed E-state index contributed by atoms with van der Waals surface area (Å²) in [6, 6.07) is 14.1. The summed E-state index contributed by atoms with van der Waals surface area (Å²) in [7, 11) is 0. The zero-order chi connectivity index (χ0) is 13.1. The van der Waals surface area contributed by atoms with Crippen LogP contribution in [0.1, 0.15) is 11.3 Å². The first-order valence-electron chi connectivity index (χ1n) is 6.53. The maximum atomic E-state index is 12.1. The van der Waals surface area contributed by atoms with Gasteiger partial charge < -0.3 is 14.8 Å². The number of hydrogen-bond acceptors (Lipinski definition) is 1. The molecule has 2 amide bonds. The molecule has 0 fully saturated rings. The average molecular weight is 255 g/mol. The fourth-order valence-corrected chi connectivity index (χ4v) is 2.37. The second-order valence-corrected chi connectivity index (χ2v) is 4.76. The van der Waals surface area contributed by atoms with Gasteiger partial charge in [0.15, 0.2) is 0 Å². The third-order valence-electron chi connectivity index (χ3n) is 3.46. The topological polar surface area (TPSA) is 37.3 Å². The molecule has 0 atom stereocenters. The van der Waals surface area contributed by atoms with Gasteiger partial charge in [-0.25, -0.2) is 4.79 Å². The van der Waals surface area contributed by atoms with Crippen molar-refractivity contribution >= 4 is 6.03 Å². The highest BCUT2D eigenvalue weighted by Gasteiger charge is 2.19. The zero-order valence-corrected chi connectivity index (χ0v) is 10.7. The molecule has 0 unspecified atom stereocenters. The van der Waals surface area contributed by atoms with E-state index in [-0.39, 0.29) is 6.03 Å². The van der Waals surface area contributed by atoms with Gasteiger partial charge in [-0.2, -0.15) is 0 Å². The van der Waals surface area contributed by atoms with Gasteiger partial charge in [0.1, 0.15) is 0 Å². The molecule has 1 aliphatic rings. The molecule has 0 spiro atoms. The van der Waals surface area contributed by atoms with Gasteiger partial charge in [-0.1, -0.05) is 30.3 Å². The molecule has 4 heteroatoms. The van der Waals surface area contributed by atoms with Crippen molar-refractivity contribution in [3.8, 4) is 0 Å². The lowest BCUT2D eigenvalue weighted by atomic mass is 10.2. The lowest BCUT2D eigenvalue weighted by Gasteiger charge is -2.28. The number of nitrogens with one attached hydrogen (secondary N) is 1. The van der Waals surface area contributed by atoms with Crippen molar-refractivity contribution in [2.24, 2.45) is 0 Å². The minimum absolute atomic E-state index is 0.0105. The molecule has 1 aliphatic heterocycles. The van der Waals surface area contributed by atoms with E-state index < -0.39 is 0 Å². The molecule has 0 saturated heterocycles. The van der Waals surface area contributed by atoms with Gasteiger partial charge >= 0.3 is 6.03 Å². The Morgan fingerprint density at radius 3 is 2.79 bits per heavy atom. The number of aromatic nitrogens is 1. The van der Waals surface area contributed by atoms with Crippen LogP contribution < -0.4 is 5.32 Å². The normalized spacial score (nSPS) is 14.0. The van der Waals surface area contributed by atoms with Crippen LogP contribution in [-0.4, -0.2) is 22.0 Å². The van der Waals surface area contributed by atoms with Crippen molar-refractivity contribution in [1.82, 2.24) is 14.8 Å². The van der Waals surface area contributed by atoms with Gasteiger partial charge in [0.05, 0.1) is 6.54 Å². The van der Waals surface area contributed by atoms with Crippen LogP contribution in [0, 0.1) is 0 Å². The number of fused-ring (bicyclic) bond motifs is 1. The number of hydrogen-bond donors (Lipinski definition) is 1. The van der Waals surface area contributed by atoms with Crippen LogP contribution in [0.4, 0.5) is 4.79 Å². The molecule has 3 rings (SSSR count). The van der Waals surface area contributed by atoms with Crippen LogP contribution >= 0.6 is 0 Å². The van der Waals surface area contributed by atoms with E-state index in [2.05, 4.69) is 22.1 Å². The Balaban J connectivity index is 1.57. The number of nitrogens with zero attached hydrogens (tertiary/aromatic N) is 2. The number of carbonyl (C=O) groups is 1. The highest BCUT2D eigenvalue weighted by molar-refractivity contribution is 5.74. The van der Waals surface area contributed by atoms with E-state index in [4.69, 9.17) is 0 Å². The molecule has 1 aromatic heterocycles. The summed E-state index contributed by atoms with van der Waals surface area (Å²) in [6.45, 7) is 2.91. The van der Waals surface area contributed by atoms with E-state index in [1.807, 2.05) is 41.3 Å². The molecule has 0 saturated carbocycles. The third-order valence-corrected chi connectivity index (χ3v) is 3.46. The van der Waals surface area contributed by atoms with Gasteiger partial charge in [-0.3, -0.25) is 0 Å². The number of rotatable bonds is 2. The second-order valence-electron chi connectivity index (χ2n) is 4.76. The Morgan fingerprint density at radius 2 is 1.95 bits per heavy atom. The van der Waals surface area contributed by atoms with Gasteiger partial charge in [0, 0.05) is 31.5 Å². The number of carbonyl (C=O) groups excluding carboxylic acids is 1. The van der Waals surface area contributed by atoms with Gasteiger partial charge in [0.25, 0.3) is 0 Å². The van der Waals surface area contributed by atoms with E-state index >= 15 is 0 Å². The summed E-state index contributed by atoms with van der Waals surface area (Å²) in [5.41, 5.74) is 2.32. The predicted molar refractivity (Wildman–Crippen MR) is 73.5 cm³/mol. The minimum atomic E-state index is 0.0105. The molecular formula is C15H17N3O. The Kier molecular flexibility index (Phi) is 3.23. The second kappa shape index (κ2) is 5.18. The van der Waals surface area contributed by atoms with Crippen LogP contribution in [0.2, 0.25) is 0 Å². The Hall–Kier alpha value is -2.23. The summed E-state index contributed by atoms with van der Waals surface area (Å²) in [4.78, 5) is 14.0. The van der Waals surface area contributed by atoms with E-state index in [0.29, 0.717) is 13.1 Å². The quantitative estimate of drug-likeness (QED) is 0.877. The van der Waals surface area contributed by atoms with E-state index in [1.165, 1.54) is 5.69 Å². The molecule has 1 N–H and O–H groups in total. The molecular weight excluding hydrogens is 238 g/mol. The smallest absolute Gasteiger partial charge is 0.318 e. The summed E-state index contributed by atoms with van der Waals surface area (Å²) in [6.07, 6.45) is 2.06. The van der Waals surface area contributed by atoms with Crippen molar-refractivity contribution in [2.75, 3.05) is 6.54 Å². The number of amides is 2. The first kappa shape index (κ1) is 11.8. The lowest BCUT2D eigenvalue weighted by Crippen LogP contribution is -2.43. The van der Waals surface area contributed by atoms with E-state index in [9.17, 15) is 4.79 Å². The number of urea groups is 1. The molecule has 1 aromatic carbocycles. The van der Waals surface area contributed by atoms with Crippen LogP contribution in [-0.2, 0) is 19.6 Å². The van der Waals surface area contributed by atoms with Crippen LogP contribution in [0.15, 0.2) is 48.7 Å². The first-order chi connectivity index (χ1) is 9.33. The first-order valence-corrected chi connectivity index (χ1v) is 6.53. The highest BCUT2D eigenvalue weighted by atomic mass is 16.2. The largest absolute Gasteiger partial charge is 0.348 e. The Labute approximate surface area is 112 Å². The lowest BCUT2D eigenvalue weighted by molar-refractivity contribution is 0.183. The Morgan fingerprint density at radius 1 is 1.11 bits per heavy atom. The molecule has 4 nitrogen and oxygen atoms in total. The fraction of sp³-hybridized carbons (Fsp3) is 0.267. The molecule has 2 aromatic rings. The predicted octanol–water partition coefficient (Wildman–Crippen LogP) is 2.21. The summed E-state index contributed by atoms with van der Waals surface area (Å²) >= 11 is 0. The van der Waals surface area contributed by atoms with Crippen molar-refractivity contribution < 1.29 is 4.79 Å². The zero-order valence-electron chi connectivity index (χ0n) is 10.7. The van der Waals surface area contributed by atoms with Crippen LogP contribution in [0.3, 0.4) is 0 Å². The average Bonchev–Trinajstić information content (AvgIpc) is 2.93. The van der Waals surface area contributed by atoms with Gasteiger partial charge in [-0.15, -0.1) is 0 Å². The number of benzene rings is 1. The van der Waals surface area contributed by atoms with Crippen molar-refractivity contribution in [2.45, 2.75) is 19.6 Å². The maximum Gasteiger partial charge on any atom is 0.318 e. The van der Waals surface area contributed by atoms with Gasteiger partial charge in [0.2, 0.25) is 0 Å². The fourth-order valence-electron chi connectivity index (χ4n) is 2.37. The van der Waals surface area contributed by atoms with Crippen LogP contribution in [0.5, 0.6) is 0 Å². The van der Waals surface area contributed by atoms with Crippen molar-refractivity contribution in [3.63, 3.8) is 0 Å². The van der Waals surface area contributed by atoms with Crippen LogP contribution in [0.25, 0.3) is 0 Å². The third kappa shape index (κ3) is 2.62. The summed E-state index contributed by atoms with van der Waals surface area (Å²) in [5.74, 6) is 0. The summed E-state index contributed by atoms with van der Waals surface area (Å²) in [5, 5.41) is 2.97. The standard InChI is InChI=1S/C15H17N3O/c19-15(16-11-13-5-2-1-3-6-13)18-10-9-17-8-4-7-14(17)12-18/h1-8H,9-12H2,(H,16,19). The molecule has 2 heterocycles. The highest BCUT2D eigenvalue weighted by Crippen LogP contribution is 2.12. The van der Waals surface area contributed by atoms with E-state index in [1.54, 1.807) is 0 Å². The van der Waals surface area contributed by atoms with E-state index in [0.717, 1.165) is 18.7 Å². The summed E-state index contributed by atoms with van der Waals surface area (Å²) < 4.78 is 2.20. The van der Waals surface area contributed by atoms with Crippen molar-refractivity contribution in [3.05, 3.63) is 59.9 Å². The molecule has 0 bridgehead atoms. The SMILES string of the molecule is O=C(NCc1ccccc1)N1CCn2cccc2C1. The monoisotopic (exact) mass is 255 g/mol. The molecule has 0 radical (unpaired) electrons. The molecule has 19 heavy (non-hydrogen) atoms. The molecule has 98 valence electrons.